The molecule has 1 amide bonds. The molecule has 2 aromatic rings. The van der Waals surface area contributed by atoms with Crippen molar-refractivity contribution < 1.29 is 9.90 Å². The monoisotopic (exact) mass is 307 g/mol. The summed E-state index contributed by atoms with van der Waals surface area (Å²) in [6.45, 7) is 3.89. The maximum Gasteiger partial charge on any atom is 0.267 e. The van der Waals surface area contributed by atoms with Crippen LogP contribution in [0, 0.1) is 25.2 Å². The van der Waals surface area contributed by atoms with Crippen molar-refractivity contribution in [1.82, 2.24) is 0 Å². The zero-order valence-corrected chi connectivity index (χ0v) is 12.9. The lowest BCUT2D eigenvalue weighted by Gasteiger charge is -2.10. The van der Waals surface area contributed by atoms with E-state index in [1.54, 1.807) is 12.1 Å². The molecule has 0 aliphatic rings. The van der Waals surface area contributed by atoms with Gasteiger partial charge in [0.25, 0.3) is 5.91 Å². The number of benzene rings is 2. The SMILES string of the molecule is Cc1cccc(C)c1N/C=C(/C#N)C(=O)Nc1cccc(O)c1. The van der Waals surface area contributed by atoms with Gasteiger partial charge >= 0.3 is 0 Å². The van der Waals surface area contributed by atoms with Crippen molar-refractivity contribution in [2.75, 3.05) is 10.6 Å². The van der Waals surface area contributed by atoms with Crippen molar-refractivity contribution >= 4 is 17.3 Å². The Morgan fingerprint density at radius 3 is 2.43 bits per heavy atom. The lowest BCUT2D eigenvalue weighted by molar-refractivity contribution is -0.112. The fourth-order valence-electron chi connectivity index (χ4n) is 2.12. The first-order valence-corrected chi connectivity index (χ1v) is 7.04. The van der Waals surface area contributed by atoms with Crippen LogP contribution in [0.25, 0.3) is 0 Å². The smallest absolute Gasteiger partial charge is 0.267 e. The molecule has 23 heavy (non-hydrogen) atoms. The summed E-state index contributed by atoms with van der Waals surface area (Å²) >= 11 is 0. The van der Waals surface area contributed by atoms with E-state index in [-0.39, 0.29) is 11.3 Å². The van der Waals surface area contributed by atoms with Gasteiger partial charge in [-0.15, -0.1) is 0 Å². The lowest BCUT2D eigenvalue weighted by Crippen LogP contribution is -2.14. The molecule has 0 spiro atoms. The van der Waals surface area contributed by atoms with Crippen molar-refractivity contribution in [1.29, 1.82) is 5.26 Å². The van der Waals surface area contributed by atoms with E-state index in [4.69, 9.17) is 0 Å². The number of hydrogen-bond donors (Lipinski definition) is 3. The minimum Gasteiger partial charge on any atom is -0.508 e. The summed E-state index contributed by atoms with van der Waals surface area (Å²) in [4.78, 5) is 12.1. The Labute approximate surface area is 134 Å². The molecule has 116 valence electrons. The van der Waals surface area contributed by atoms with Crippen LogP contribution in [-0.4, -0.2) is 11.0 Å². The zero-order chi connectivity index (χ0) is 16.8. The predicted molar refractivity (Wildman–Crippen MR) is 90.0 cm³/mol. The maximum atomic E-state index is 12.1. The van der Waals surface area contributed by atoms with Gasteiger partial charge in [0.05, 0.1) is 0 Å². The number of aromatic hydroxyl groups is 1. The first kappa shape index (κ1) is 16.1. The van der Waals surface area contributed by atoms with Gasteiger partial charge in [-0.2, -0.15) is 5.26 Å². The number of rotatable bonds is 4. The topological polar surface area (TPSA) is 85.2 Å². The van der Waals surface area contributed by atoms with Crippen LogP contribution < -0.4 is 10.6 Å². The van der Waals surface area contributed by atoms with Gasteiger partial charge in [-0.05, 0) is 37.1 Å². The molecule has 5 heteroatoms. The summed E-state index contributed by atoms with van der Waals surface area (Å²) in [7, 11) is 0. The second kappa shape index (κ2) is 7.14. The number of nitrogens with zero attached hydrogens (tertiary/aromatic N) is 1. The Hall–Kier alpha value is -3.26. The molecule has 3 N–H and O–H groups in total. The van der Waals surface area contributed by atoms with Crippen LogP contribution in [0.2, 0.25) is 0 Å². The van der Waals surface area contributed by atoms with Crippen molar-refractivity contribution in [2.45, 2.75) is 13.8 Å². The number of amides is 1. The van der Waals surface area contributed by atoms with Gasteiger partial charge in [0.15, 0.2) is 0 Å². The van der Waals surface area contributed by atoms with E-state index in [1.165, 1.54) is 18.3 Å². The molecule has 0 radical (unpaired) electrons. The summed E-state index contributed by atoms with van der Waals surface area (Å²) in [6, 6.07) is 13.9. The van der Waals surface area contributed by atoms with E-state index in [2.05, 4.69) is 10.6 Å². The summed E-state index contributed by atoms with van der Waals surface area (Å²) in [5, 5.41) is 24.2. The molecule has 5 nitrogen and oxygen atoms in total. The van der Waals surface area contributed by atoms with E-state index in [0.29, 0.717) is 5.69 Å². The number of anilines is 2. The first-order chi connectivity index (χ1) is 11.0. The van der Waals surface area contributed by atoms with Crippen LogP contribution in [-0.2, 0) is 4.79 Å². The minimum absolute atomic E-state index is 0.0407. The summed E-state index contributed by atoms with van der Waals surface area (Å²) in [6.07, 6.45) is 1.38. The molecule has 0 unspecified atom stereocenters. The lowest BCUT2D eigenvalue weighted by atomic mass is 10.1. The molecular weight excluding hydrogens is 290 g/mol. The average Bonchev–Trinajstić information content (AvgIpc) is 2.50. The van der Waals surface area contributed by atoms with Crippen LogP contribution in [0.1, 0.15) is 11.1 Å². The van der Waals surface area contributed by atoms with Crippen LogP contribution in [0.5, 0.6) is 5.75 Å². The number of carbonyl (C=O) groups excluding carboxylic acids is 1. The summed E-state index contributed by atoms with van der Waals surface area (Å²) in [5.74, 6) is -0.504. The number of carbonyl (C=O) groups is 1. The molecule has 0 aliphatic heterocycles. The quantitative estimate of drug-likeness (QED) is 0.596. The summed E-state index contributed by atoms with van der Waals surface area (Å²) in [5.41, 5.74) is 3.27. The number of phenols is 1. The molecule has 0 heterocycles. The normalized spacial score (nSPS) is 10.7. The van der Waals surface area contributed by atoms with Crippen molar-refractivity contribution in [3.8, 4) is 11.8 Å². The van der Waals surface area contributed by atoms with Crippen molar-refractivity contribution in [3.63, 3.8) is 0 Å². The van der Waals surface area contributed by atoms with E-state index < -0.39 is 5.91 Å². The van der Waals surface area contributed by atoms with Gasteiger partial charge < -0.3 is 15.7 Å². The number of nitrogens with one attached hydrogen (secondary N) is 2. The second-order valence-corrected chi connectivity index (χ2v) is 5.09. The second-order valence-electron chi connectivity index (χ2n) is 5.09. The Morgan fingerprint density at radius 2 is 1.83 bits per heavy atom. The molecule has 2 aromatic carbocycles. The van der Waals surface area contributed by atoms with Crippen molar-refractivity contribution in [3.05, 3.63) is 65.4 Å². The first-order valence-electron chi connectivity index (χ1n) is 7.04. The molecule has 0 bridgehead atoms. The molecule has 0 aromatic heterocycles. The van der Waals surface area contributed by atoms with E-state index in [0.717, 1.165) is 16.8 Å². The highest BCUT2D eigenvalue weighted by atomic mass is 16.3. The highest BCUT2D eigenvalue weighted by Crippen LogP contribution is 2.20. The van der Waals surface area contributed by atoms with Crippen LogP contribution >= 0.6 is 0 Å². The molecule has 0 aliphatic carbocycles. The Kier molecular flexibility index (Phi) is 5.00. The fourth-order valence-corrected chi connectivity index (χ4v) is 2.12. The standard InChI is InChI=1S/C18H17N3O2/c1-12-5-3-6-13(2)17(12)20-11-14(10-19)18(23)21-15-7-4-8-16(22)9-15/h3-9,11,20,22H,1-2H3,(H,21,23)/b14-11-. The van der Waals surface area contributed by atoms with Crippen LogP contribution in [0.3, 0.4) is 0 Å². The van der Waals surface area contributed by atoms with E-state index >= 15 is 0 Å². The molecule has 0 fully saturated rings. The minimum atomic E-state index is -0.545. The maximum absolute atomic E-state index is 12.1. The largest absolute Gasteiger partial charge is 0.508 e. The molecule has 0 atom stereocenters. The van der Waals surface area contributed by atoms with Crippen LogP contribution in [0.4, 0.5) is 11.4 Å². The molecule has 0 saturated carbocycles. The number of aryl methyl sites for hydroxylation is 2. The predicted octanol–water partition coefficient (Wildman–Crippen LogP) is 3.47. The third-order valence-corrected chi connectivity index (χ3v) is 3.31. The Morgan fingerprint density at radius 1 is 1.17 bits per heavy atom. The number of hydrogen-bond acceptors (Lipinski definition) is 4. The third kappa shape index (κ3) is 4.11. The van der Waals surface area contributed by atoms with E-state index in [9.17, 15) is 15.2 Å². The van der Waals surface area contributed by atoms with Gasteiger partial charge in [0.1, 0.15) is 17.4 Å². The summed E-state index contributed by atoms with van der Waals surface area (Å²) < 4.78 is 0. The van der Waals surface area contributed by atoms with Gasteiger partial charge in [-0.1, -0.05) is 24.3 Å². The van der Waals surface area contributed by atoms with Gasteiger partial charge in [-0.25, -0.2) is 0 Å². The van der Waals surface area contributed by atoms with Gasteiger partial charge in [0, 0.05) is 23.6 Å². The number of phenolic OH excluding ortho intramolecular Hbond substituents is 1. The van der Waals surface area contributed by atoms with Gasteiger partial charge in [0.2, 0.25) is 0 Å². The fraction of sp³-hybridized carbons (Fsp3) is 0.111. The average molecular weight is 307 g/mol. The number of nitriles is 1. The Balaban J connectivity index is 2.16. The molecule has 0 saturated heterocycles. The van der Waals surface area contributed by atoms with E-state index in [1.807, 2.05) is 38.1 Å². The van der Waals surface area contributed by atoms with Crippen molar-refractivity contribution in [2.24, 2.45) is 0 Å². The third-order valence-electron chi connectivity index (χ3n) is 3.31. The highest BCUT2D eigenvalue weighted by molar-refractivity contribution is 6.06. The van der Waals surface area contributed by atoms with Crippen LogP contribution in [0.15, 0.2) is 54.2 Å². The van der Waals surface area contributed by atoms with Gasteiger partial charge in [-0.3, -0.25) is 4.79 Å². The zero-order valence-electron chi connectivity index (χ0n) is 12.9. The Bertz CT molecular complexity index is 784. The molecule has 2 rings (SSSR count). The number of para-hydroxylation sites is 1. The highest BCUT2D eigenvalue weighted by Gasteiger charge is 2.10. The molecular formula is C18H17N3O2.